The molecule has 0 spiro atoms. The molecule has 2 aromatic rings. The summed E-state index contributed by atoms with van der Waals surface area (Å²) >= 11 is 0. The molecule has 0 radical (unpaired) electrons. The van der Waals surface area contributed by atoms with Crippen molar-refractivity contribution in [2.45, 2.75) is 33.2 Å². The van der Waals surface area contributed by atoms with Gasteiger partial charge in [-0.3, -0.25) is 9.78 Å². The van der Waals surface area contributed by atoms with Crippen LogP contribution in [0.1, 0.15) is 42.4 Å². The van der Waals surface area contributed by atoms with Crippen LogP contribution in [-0.4, -0.2) is 20.7 Å². The summed E-state index contributed by atoms with van der Waals surface area (Å²) in [6.07, 6.45) is 4.22. The van der Waals surface area contributed by atoms with Crippen LogP contribution in [-0.2, 0) is 0 Å². The molecule has 19 heavy (non-hydrogen) atoms. The second-order valence-corrected chi connectivity index (χ2v) is 4.56. The molecule has 0 saturated carbocycles. The lowest BCUT2D eigenvalue weighted by atomic mass is 10.2. The van der Waals surface area contributed by atoms with E-state index in [1.54, 1.807) is 24.5 Å². The van der Waals surface area contributed by atoms with E-state index in [1.165, 1.54) is 0 Å². The number of carbonyl (C=O) groups excluding carboxylic acids is 1. The first-order chi connectivity index (χ1) is 9.11. The number of hydrogen-bond donors (Lipinski definition) is 1. The molecule has 0 aromatic carbocycles. The zero-order valence-corrected chi connectivity index (χ0v) is 11.4. The SMILES string of the molecule is CCC(C)n1nccc1NC(=O)c1ccc(C)nc1. The standard InChI is InChI=1S/C14H18N4O/c1-4-11(3)18-13(7-8-16-18)17-14(19)12-6-5-10(2)15-9-12/h5-9,11H,4H2,1-3H3,(H,17,19). The molecule has 0 aliphatic heterocycles. The lowest BCUT2D eigenvalue weighted by Gasteiger charge is -2.14. The molecular weight excluding hydrogens is 240 g/mol. The maximum Gasteiger partial charge on any atom is 0.258 e. The number of aromatic nitrogens is 3. The highest BCUT2D eigenvalue weighted by Crippen LogP contribution is 2.17. The van der Waals surface area contributed by atoms with Crippen LogP contribution in [0.4, 0.5) is 5.82 Å². The fraction of sp³-hybridized carbons (Fsp3) is 0.357. The first kappa shape index (κ1) is 13.3. The summed E-state index contributed by atoms with van der Waals surface area (Å²) in [6.45, 7) is 6.04. The molecule has 1 atom stereocenters. The molecule has 0 bridgehead atoms. The monoisotopic (exact) mass is 258 g/mol. The number of aryl methyl sites for hydroxylation is 1. The molecule has 1 amide bonds. The summed E-state index contributed by atoms with van der Waals surface area (Å²) in [4.78, 5) is 16.2. The summed E-state index contributed by atoms with van der Waals surface area (Å²) in [7, 11) is 0. The predicted octanol–water partition coefficient (Wildman–Crippen LogP) is 2.81. The van der Waals surface area contributed by atoms with Crippen LogP contribution in [0.3, 0.4) is 0 Å². The Labute approximate surface area is 112 Å². The molecular formula is C14H18N4O. The van der Waals surface area contributed by atoms with Crippen LogP contribution in [0, 0.1) is 6.92 Å². The van der Waals surface area contributed by atoms with Gasteiger partial charge in [-0.1, -0.05) is 6.92 Å². The second-order valence-electron chi connectivity index (χ2n) is 4.56. The van der Waals surface area contributed by atoms with Crippen LogP contribution in [0.2, 0.25) is 0 Å². The highest BCUT2D eigenvalue weighted by molar-refractivity contribution is 6.03. The van der Waals surface area contributed by atoms with Crippen molar-refractivity contribution < 1.29 is 4.79 Å². The van der Waals surface area contributed by atoms with E-state index in [-0.39, 0.29) is 11.9 Å². The van der Waals surface area contributed by atoms with Crippen LogP contribution >= 0.6 is 0 Å². The number of amides is 1. The van der Waals surface area contributed by atoms with Gasteiger partial charge >= 0.3 is 0 Å². The Bertz CT molecular complexity index is 559. The van der Waals surface area contributed by atoms with Crippen molar-refractivity contribution in [3.8, 4) is 0 Å². The lowest BCUT2D eigenvalue weighted by molar-refractivity contribution is 0.102. The van der Waals surface area contributed by atoms with E-state index in [9.17, 15) is 4.79 Å². The number of nitrogens with zero attached hydrogens (tertiary/aromatic N) is 3. The van der Waals surface area contributed by atoms with Crippen molar-refractivity contribution in [1.82, 2.24) is 14.8 Å². The third kappa shape index (κ3) is 2.99. The molecule has 0 saturated heterocycles. The summed E-state index contributed by atoms with van der Waals surface area (Å²) in [5.41, 5.74) is 1.43. The van der Waals surface area contributed by atoms with Crippen molar-refractivity contribution in [3.63, 3.8) is 0 Å². The smallest absolute Gasteiger partial charge is 0.258 e. The third-order valence-corrected chi connectivity index (χ3v) is 3.09. The van der Waals surface area contributed by atoms with Crippen LogP contribution in [0.5, 0.6) is 0 Å². The molecule has 2 heterocycles. The van der Waals surface area contributed by atoms with E-state index < -0.39 is 0 Å². The normalized spacial score (nSPS) is 12.2. The molecule has 5 nitrogen and oxygen atoms in total. The van der Waals surface area contributed by atoms with Crippen molar-refractivity contribution >= 4 is 11.7 Å². The first-order valence-corrected chi connectivity index (χ1v) is 6.39. The van der Waals surface area contributed by atoms with Gasteiger partial charge in [-0.05, 0) is 32.4 Å². The number of rotatable bonds is 4. The van der Waals surface area contributed by atoms with Crippen molar-refractivity contribution in [2.24, 2.45) is 0 Å². The Morgan fingerprint density at radius 1 is 1.42 bits per heavy atom. The van der Waals surface area contributed by atoms with E-state index in [2.05, 4.69) is 29.2 Å². The third-order valence-electron chi connectivity index (χ3n) is 3.09. The van der Waals surface area contributed by atoms with Gasteiger partial charge in [0.05, 0.1) is 17.8 Å². The summed E-state index contributed by atoms with van der Waals surface area (Å²) in [5.74, 6) is 0.539. The summed E-state index contributed by atoms with van der Waals surface area (Å²) in [5, 5.41) is 7.10. The van der Waals surface area contributed by atoms with E-state index in [0.29, 0.717) is 11.4 Å². The minimum absolute atomic E-state index is 0.169. The highest BCUT2D eigenvalue weighted by atomic mass is 16.1. The van der Waals surface area contributed by atoms with Gasteiger partial charge < -0.3 is 5.32 Å². The number of hydrogen-bond acceptors (Lipinski definition) is 3. The molecule has 2 aromatic heterocycles. The Balaban J connectivity index is 2.15. The number of pyridine rings is 1. The Morgan fingerprint density at radius 2 is 2.21 bits per heavy atom. The zero-order chi connectivity index (χ0) is 13.8. The van der Waals surface area contributed by atoms with Crippen molar-refractivity contribution in [2.75, 3.05) is 5.32 Å². The molecule has 100 valence electrons. The van der Waals surface area contributed by atoms with Gasteiger partial charge in [0.15, 0.2) is 0 Å². The minimum Gasteiger partial charge on any atom is -0.307 e. The Morgan fingerprint density at radius 3 is 2.84 bits per heavy atom. The van der Waals surface area contributed by atoms with Gasteiger partial charge in [-0.15, -0.1) is 0 Å². The summed E-state index contributed by atoms with van der Waals surface area (Å²) < 4.78 is 1.82. The second kappa shape index (κ2) is 5.65. The van der Waals surface area contributed by atoms with Gasteiger partial charge in [0, 0.05) is 18.0 Å². The zero-order valence-electron chi connectivity index (χ0n) is 11.4. The number of carbonyl (C=O) groups is 1. The largest absolute Gasteiger partial charge is 0.307 e. The molecule has 2 rings (SSSR count). The van der Waals surface area contributed by atoms with E-state index in [1.807, 2.05) is 17.7 Å². The van der Waals surface area contributed by atoms with E-state index >= 15 is 0 Å². The van der Waals surface area contributed by atoms with Gasteiger partial charge in [0.2, 0.25) is 0 Å². The van der Waals surface area contributed by atoms with Gasteiger partial charge in [0.25, 0.3) is 5.91 Å². The average Bonchev–Trinajstić information content (AvgIpc) is 2.86. The van der Waals surface area contributed by atoms with Crippen LogP contribution < -0.4 is 5.32 Å². The highest BCUT2D eigenvalue weighted by Gasteiger charge is 2.12. The Kier molecular flexibility index (Phi) is 3.94. The quantitative estimate of drug-likeness (QED) is 0.917. The fourth-order valence-corrected chi connectivity index (χ4v) is 1.73. The fourth-order valence-electron chi connectivity index (χ4n) is 1.73. The lowest BCUT2D eigenvalue weighted by Crippen LogP contribution is -2.17. The molecule has 0 fully saturated rings. The molecule has 0 aliphatic carbocycles. The van der Waals surface area contributed by atoms with Gasteiger partial charge in [-0.25, -0.2) is 4.68 Å². The minimum atomic E-state index is -0.169. The molecule has 1 unspecified atom stereocenters. The maximum atomic E-state index is 12.1. The van der Waals surface area contributed by atoms with Gasteiger partial charge in [0.1, 0.15) is 5.82 Å². The van der Waals surface area contributed by atoms with Crippen molar-refractivity contribution in [1.29, 1.82) is 0 Å². The van der Waals surface area contributed by atoms with Crippen molar-refractivity contribution in [3.05, 3.63) is 41.9 Å². The average molecular weight is 258 g/mol. The molecule has 0 aliphatic rings. The molecule has 5 heteroatoms. The predicted molar refractivity (Wildman–Crippen MR) is 74.2 cm³/mol. The first-order valence-electron chi connectivity index (χ1n) is 6.39. The van der Waals surface area contributed by atoms with Crippen LogP contribution in [0.25, 0.3) is 0 Å². The number of nitrogens with one attached hydrogen (secondary N) is 1. The molecule has 1 N–H and O–H groups in total. The van der Waals surface area contributed by atoms with Gasteiger partial charge in [-0.2, -0.15) is 5.10 Å². The topological polar surface area (TPSA) is 59.8 Å². The number of anilines is 1. The summed E-state index contributed by atoms with van der Waals surface area (Å²) in [6, 6.07) is 5.63. The maximum absolute atomic E-state index is 12.1. The van der Waals surface area contributed by atoms with E-state index in [0.717, 1.165) is 12.1 Å². The van der Waals surface area contributed by atoms with Crippen LogP contribution in [0.15, 0.2) is 30.6 Å². The Hall–Kier alpha value is -2.17. The van der Waals surface area contributed by atoms with E-state index in [4.69, 9.17) is 0 Å².